The van der Waals surface area contributed by atoms with Gasteiger partial charge >= 0.3 is 0 Å². The Kier molecular flexibility index (Phi) is 54.4. The van der Waals surface area contributed by atoms with Gasteiger partial charge in [-0.05, 0) is 19.3 Å². The summed E-state index contributed by atoms with van der Waals surface area (Å²) in [6.45, 7) is 4.70. The van der Waals surface area contributed by atoms with Crippen molar-refractivity contribution < 1.29 is 32.9 Å². The van der Waals surface area contributed by atoms with Crippen molar-refractivity contribution in [1.82, 2.24) is 5.32 Å². The fourth-order valence-electron chi connectivity index (χ4n) is 9.98. The Morgan fingerprint density at radius 1 is 0.472 bits per heavy atom. The van der Waals surface area contributed by atoms with Crippen molar-refractivity contribution in [3.8, 4) is 0 Å². The number of carbonyl (C=O) groups is 1. The molecule has 0 aliphatic heterocycles. The topological polar surface area (TPSA) is 108 Å². The molecule has 2 N–H and O–H groups in total. The van der Waals surface area contributed by atoms with Gasteiger partial charge in [0, 0.05) is 6.42 Å². The van der Waals surface area contributed by atoms with Crippen LogP contribution >= 0.6 is 7.82 Å². The van der Waals surface area contributed by atoms with Gasteiger partial charge in [0.15, 0.2) is 0 Å². The van der Waals surface area contributed by atoms with Crippen molar-refractivity contribution in [3.05, 3.63) is 12.2 Å². The predicted molar refractivity (Wildman–Crippen MR) is 312 cm³/mol. The van der Waals surface area contributed by atoms with Crippen LogP contribution in [0.1, 0.15) is 335 Å². The molecule has 0 saturated heterocycles. The molecule has 430 valence electrons. The summed E-state index contributed by atoms with van der Waals surface area (Å²) in [7, 11) is 1.28. The molecule has 0 aliphatic carbocycles. The molecule has 0 aliphatic rings. The third-order valence-electron chi connectivity index (χ3n) is 15.0. The average Bonchev–Trinajstić information content (AvgIpc) is 3.34. The molecule has 0 aromatic rings. The van der Waals surface area contributed by atoms with Crippen LogP contribution in [0.3, 0.4) is 0 Å². The Balaban J connectivity index is 3.95. The smallest absolute Gasteiger partial charge is 0.268 e. The number of quaternary nitrogens is 1. The number of aliphatic hydroxyl groups is 1. The summed E-state index contributed by atoms with van der Waals surface area (Å²) >= 11 is 0. The molecule has 8 nitrogen and oxygen atoms in total. The first-order valence-electron chi connectivity index (χ1n) is 32.1. The summed E-state index contributed by atoms with van der Waals surface area (Å²) in [6.07, 6.45) is 68.9. The number of amides is 1. The molecule has 9 heteroatoms. The zero-order valence-corrected chi connectivity index (χ0v) is 50.1. The quantitative estimate of drug-likeness (QED) is 0.0272. The number of carbonyl (C=O) groups excluding carboxylic acids is 1. The highest BCUT2D eigenvalue weighted by atomic mass is 31.2. The third kappa shape index (κ3) is 57.0. The minimum absolute atomic E-state index is 0.00267. The lowest BCUT2D eigenvalue weighted by Crippen LogP contribution is -2.45. The van der Waals surface area contributed by atoms with E-state index in [1.807, 2.05) is 27.2 Å². The number of aliphatic hydroxyl groups excluding tert-OH is 1. The maximum Gasteiger partial charge on any atom is 0.268 e. The van der Waals surface area contributed by atoms with Crippen LogP contribution < -0.4 is 10.2 Å². The van der Waals surface area contributed by atoms with E-state index in [0.29, 0.717) is 17.4 Å². The molecule has 0 heterocycles. The van der Waals surface area contributed by atoms with Gasteiger partial charge in [-0.2, -0.15) is 0 Å². The monoisotopic (exact) mass is 1040 g/mol. The summed E-state index contributed by atoms with van der Waals surface area (Å²) in [5.41, 5.74) is 0. The van der Waals surface area contributed by atoms with Gasteiger partial charge in [-0.25, -0.2) is 0 Å². The fraction of sp³-hybridized carbons (Fsp3) is 0.952. The summed E-state index contributed by atoms with van der Waals surface area (Å²) in [5.74, 6) is -0.189. The van der Waals surface area contributed by atoms with Crippen LogP contribution in [0.25, 0.3) is 0 Å². The van der Waals surface area contributed by atoms with Crippen molar-refractivity contribution >= 4 is 13.7 Å². The molecular weight excluding hydrogens is 912 g/mol. The van der Waals surface area contributed by atoms with E-state index in [2.05, 4.69) is 19.2 Å². The normalized spacial score (nSPS) is 13.8. The zero-order chi connectivity index (χ0) is 52.7. The second-order valence-corrected chi connectivity index (χ2v) is 24.9. The fourth-order valence-corrected chi connectivity index (χ4v) is 10.7. The number of hydrogen-bond donors (Lipinski definition) is 2. The van der Waals surface area contributed by atoms with Gasteiger partial charge in [0.2, 0.25) is 5.91 Å². The predicted octanol–water partition coefficient (Wildman–Crippen LogP) is 19.1. The Morgan fingerprint density at radius 2 is 0.750 bits per heavy atom. The highest BCUT2D eigenvalue weighted by Crippen LogP contribution is 2.38. The number of allylic oxidation sites excluding steroid dienone is 1. The van der Waals surface area contributed by atoms with E-state index >= 15 is 0 Å². The van der Waals surface area contributed by atoms with Crippen LogP contribution in [-0.4, -0.2) is 68.5 Å². The maximum atomic E-state index is 13.0. The molecular formula is C63H127N2O6P. The lowest BCUT2D eigenvalue weighted by atomic mass is 10.0. The molecule has 0 aromatic carbocycles. The molecule has 0 saturated carbocycles. The highest BCUT2D eigenvalue weighted by Gasteiger charge is 2.23. The van der Waals surface area contributed by atoms with Crippen LogP contribution in [-0.2, 0) is 18.4 Å². The van der Waals surface area contributed by atoms with Gasteiger partial charge in [0.05, 0.1) is 39.9 Å². The molecule has 1 amide bonds. The molecule has 0 aromatic heterocycles. The number of hydrogen-bond acceptors (Lipinski definition) is 6. The van der Waals surface area contributed by atoms with Crippen molar-refractivity contribution in [2.75, 3.05) is 40.9 Å². The number of unbranched alkanes of at least 4 members (excludes halogenated alkanes) is 47. The Morgan fingerprint density at radius 3 is 1.04 bits per heavy atom. The van der Waals surface area contributed by atoms with Crippen LogP contribution in [0.15, 0.2) is 12.2 Å². The lowest BCUT2D eigenvalue weighted by Gasteiger charge is -2.29. The van der Waals surface area contributed by atoms with E-state index in [1.165, 1.54) is 276 Å². The van der Waals surface area contributed by atoms with Crippen molar-refractivity contribution in [1.29, 1.82) is 0 Å². The van der Waals surface area contributed by atoms with Crippen LogP contribution in [0.5, 0.6) is 0 Å². The van der Waals surface area contributed by atoms with Gasteiger partial charge in [-0.1, -0.05) is 321 Å². The van der Waals surface area contributed by atoms with Crippen LogP contribution in [0.2, 0.25) is 0 Å². The average molecular weight is 1040 g/mol. The molecule has 0 bridgehead atoms. The molecule has 0 fully saturated rings. The molecule has 3 atom stereocenters. The third-order valence-corrected chi connectivity index (χ3v) is 16.0. The Bertz CT molecular complexity index is 1180. The van der Waals surface area contributed by atoms with Gasteiger partial charge in [0.25, 0.3) is 7.82 Å². The number of nitrogens with one attached hydrogen (secondary N) is 1. The first kappa shape index (κ1) is 71.2. The van der Waals surface area contributed by atoms with Gasteiger partial charge in [-0.15, -0.1) is 0 Å². The van der Waals surface area contributed by atoms with Crippen LogP contribution in [0.4, 0.5) is 0 Å². The van der Waals surface area contributed by atoms with E-state index in [1.54, 1.807) is 6.08 Å². The minimum atomic E-state index is -4.59. The molecule has 0 spiro atoms. The number of rotatable bonds is 60. The summed E-state index contributed by atoms with van der Waals surface area (Å²) < 4.78 is 23.4. The number of phosphoric acid groups is 1. The first-order chi connectivity index (χ1) is 35.0. The number of nitrogens with zero attached hydrogens (tertiary/aromatic N) is 1. The second kappa shape index (κ2) is 55.0. The standard InChI is InChI=1S/C63H127N2O6P/c1-6-8-10-12-14-16-18-20-22-24-25-26-27-28-29-30-31-32-33-34-35-36-37-38-39-40-41-43-45-47-49-51-53-55-57-63(67)64-61(60-71-72(68,69)70-59-58-65(3,4)5)62(66)56-54-52-50-48-46-44-42-23-21-19-17-15-13-11-9-7-2/h54,56,61-62,66H,6-53,55,57-60H2,1-5H3,(H-,64,67,68,69)/b56-54+/t61-,62+/m0/s1. The Hall–Kier alpha value is -0.760. The van der Waals surface area contributed by atoms with Gasteiger partial charge < -0.3 is 28.8 Å². The van der Waals surface area contributed by atoms with E-state index < -0.39 is 20.0 Å². The second-order valence-electron chi connectivity index (χ2n) is 23.5. The van der Waals surface area contributed by atoms with Crippen LogP contribution in [0, 0.1) is 0 Å². The van der Waals surface area contributed by atoms with Crippen molar-refractivity contribution in [2.24, 2.45) is 0 Å². The van der Waals surface area contributed by atoms with Gasteiger partial charge in [0.1, 0.15) is 13.2 Å². The zero-order valence-electron chi connectivity index (χ0n) is 49.2. The summed E-state index contributed by atoms with van der Waals surface area (Å²) in [6, 6.07) is -0.882. The SMILES string of the molecule is CCCCCCCCCCCCCCCC/C=C/[C@@H](O)[C@H](COP(=O)([O-])OCC[N+](C)(C)C)NC(=O)CCCCCCCCCCCCCCCCCCCCCCCCCCCCCCCCCCCC. The van der Waals surface area contributed by atoms with Crippen molar-refractivity contribution in [2.45, 2.75) is 347 Å². The number of phosphoric ester groups is 1. The molecule has 72 heavy (non-hydrogen) atoms. The van der Waals surface area contributed by atoms with Crippen molar-refractivity contribution in [3.63, 3.8) is 0 Å². The van der Waals surface area contributed by atoms with Gasteiger partial charge in [-0.3, -0.25) is 9.36 Å². The molecule has 0 radical (unpaired) electrons. The minimum Gasteiger partial charge on any atom is -0.756 e. The largest absolute Gasteiger partial charge is 0.756 e. The summed E-state index contributed by atoms with van der Waals surface area (Å²) in [5, 5.41) is 13.9. The lowest BCUT2D eigenvalue weighted by molar-refractivity contribution is -0.870. The van der Waals surface area contributed by atoms with E-state index in [-0.39, 0.29) is 19.1 Å². The number of likely N-dealkylation sites (N-methyl/N-ethyl adjacent to an activating group) is 1. The van der Waals surface area contributed by atoms with E-state index in [4.69, 9.17) is 9.05 Å². The summed E-state index contributed by atoms with van der Waals surface area (Å²) in [4.78, 5) is 25.5. The first-order valence-corrected chi connectivity index (χ1v) is 33.5. The van der Waals surface area contributed by atoms with E-state index in [0.717, 1.165) is 38.5 Å². The molecule has 1 unspecified atom stereocenters. The molecule has 0 rings (SSSR count). The maximum absolute atomic E-state index is 13.0. The highest BCUT2D eigenvalue weighted by molar-refractivity contribution is 7.45. The van der Waals surface area contributed by atoms with E-state index in [9.17, 15) is 19.4 Å². The Labute approximate surface area is 450 Å².